The van der Waals surface area contributed by atoms with Crippen molar-refractivity contribution in [1.82, 2.24) is 9.80 Å². The third-order valence-electron chi connectivity index (χ3n) is 10.5. The van der Waals surface area contributed by atoms with Crippen molar-refractivity contribution < 1.29 is 19.4 Å². The second-order valence-corrected chi connectivity index (χ2v) is 16.2. The minimum Gasteiger partial charge on any atom is -0.508 e. The normalized spacial score (nSPS) is 13.2. The number of hydrogen-bond acceptors (Lipinski definition) is 6. The number of nitrogens with zero attached hydrogens (tertiary/aromatic N) is 2. The van der Waals surface area contributed by atoms with E-state index in [1.165, 1.54) is 11.1 Å². The average molecular weight is 735 g/mol. The molecular weight excluding hydrogens is 669 g/mol. The highest BCUT2D eigenvalue weighted by Gasteiger charge is 2.25. The lowest BCUT2D eigenvalue weighted by molar-refractivity contribution is -0.137. The van der Waals surface area contributed by atoms with Crippen molar-refractivity contribution in [2.45, 2.75) is 131 Å². The first-order valence-electron chi connectivity index (χ1n) is 20.1. The highest BCUT2D eigenvalue weighted by Crippen LogP contribution is 2.38. The predicted molar refractivity (Wildman–Crippen MR) is 223 cm³/mol. The molecule has 0 saturated heterocycles. The van der Waals surface area contributed by atoms with E-state index in [0.29, 0.717) is 48.9 Å². The van der Waals surface area contributed by atoms with Crippen molar-refractivity contribution in [1.29, 1.82) is 0 Å². The summed E-state index contributed by atoms with van der Waals surface area (Å²) >= 11 is 0. The minimum atomic E-state index is -0.241. The number of phenolic OH excluding ortho intramolecular Hbond substituents is 1. The van der Waals surface area contributed by atoms with Crippen LogP contribution in [0, 0.1) is 5.92 Å². The van der Waals surface area contributed by atoms with Gasteiger partial charge in [0.1, 0.15) is 11.5 Å². The molecule has 0 heterocycles. The van der Waals surface area contributed by atoms with Crippen LogP contribution in [0.2, 0.25) is 0 Å². The topological polar surface area (TPSA) is 62.2 Å². The average Bonchev–Trinajstić information content (AvgIpc) is 3.13. The summed E-state index contributed by atoms with van der Waals surface area (Å²) in [6.07, 6.45) is 1.77. The Morgan fingerprint density at radius 1 is 0.574 bits per heavy atom. The molecule has 4 aromatic carbocycles. The van der Waals surface area contributed by atoms with Gasteiger partial charge in [0.15, 0.2) is 0 Å². The van der Waals surface area contributed by atoms with E-state index in [-0.39, 0.29) is 23.7 Å². The summed E-state index contributed by atoms with van der Waals surface area (Å²) in [6, 6.07) is 34.7. The van der Waals surface area contributed by atoms with Crippen LogP contribution < -0.4 is 4.74 Å². The van der Waals surface area contributed by atoms with Crippen molar-refractivity contribution in [2.24, 2.45) is 5.92 Å². The summed E-state index contributed by atoms with van der Waals surface area (Å²) in [4.78, 5) is 18.0. The Morgan fingerprint density at radius 2 is 1.00 bits per heavy atom. The molecule has 0 aliphatic heterocycles. The Labute approximate surface area is 326 Å². The summed E-state index contributed by atoms with van der Waals surface area (Å²) in [5, 5.41) is 11.2. The summed E-state index contributed by atoms with van der Waals surface area (Å²) in [7, 11) is 0. The fraction of sp³-hybridized carbons (Fsp3) is 0.479. The number of aromatic hydroxyl groups is 1. The van der Waals surface area contributed by atoms with Gasteiger partial charge in [-0.25, -0.2) is 0 Å². The van der Waals surface area contributed by atoms with E-state index in [4.69, 9.17) is 9.47 Å². The third kappa shape index (κ3) is 12.0. The van der Waals surface area contributed by atoms with Crippen LogP contribution in [0.25, 0.3) is 0 Å². The van der Waals surface area contributed by atoms with Crippen LogP contribution in [0.1, 0.15) is 127 Å². The van der Waals surface area contributed by atoms with Gasteiger partial charge in [-0.1, -0.05) is 86.6 Å². The molecule has 0 saturated carbocycles. The molecule has 4 aromatic rings. The Morgan fingerprint density at radius 3 is 1.44 bits per heavy atom. The van der Waals surface area contributed by atoms with Gasteiger partial charge in [-0.15, -0.1) is 0 Å². The molecule has 0 aliphatic rings. The molecule has 2 atom stereocenters. The van der Waals surface area contributed by atoms with E-state index in [0.717, 1.165) is 48.2 Å². The maximum atomic E-state index is 12.9. The molecular formula is C48H66N2O4. The zero-order valence-corrected chi connectivity index (χ0v) is 34.6. The largest absolute Gasteiger partial charge is 0.508 e. The maximum Gasteiger partial charge on any atom is 0.313 e. The zero-order valence-electron chi connectivity index (χ0n) is 34.6. The SMILES string of the molecule is CC(C)C(=O)Oc1ccc(COCc2ccc(O)c([C@H](CCN(C(C)C)C(C)C)c3ccccc3)c2)cc1C(CCN(C(C)C)C(C)C)c1ccccc1. The van der Waals surface area contributed by atoms with Crippen molar-refractivity contribution in [3.05, 3.63) is 130 Å². The summed E-state index contributed by atoms with van der Waals surface area (Å²) in [6.45, 7) is 24.3. The third-order valence-corrected chi connectivity index (χ3v) is 10.5. The van der Waals surface area contributed by atoms with Crippen LogP contribution in [0.5, 0.6) is 11.5 Å². The molecule has 6 nitrogen and oxygen atoms in total. The van der Waals surface area contributed by atoms with E-state index in [2.05, 4.69) is 126 Å². The Kier molecular flexibility index (Phi) is 16.3. The first-order chi connectivity index (χ1) is 25.8. The van der Waals surface area contributed by atoms with Gasteiger partial charge in [0.05, 0.1) is 19.1 Å². The number of carbonyl (C=O) groups is 1. The molecule has 1 unspecified atom stereocenters. The van der Waals surface area contributed by atoms with Gasteiger partial charge in [-0.05, 0) is 128 Å². The number of esters is 1. The Balaban J connectivity index is 1.61. The number of ether oxygens (including phenoxy) is 2. The molecule has 0 aromatic heterocycles. The monoisotopic (exact) mass is 735 g/mol. The Hall–Kier alpha value is -3.97. The van der Waals surface area contributed by atoms with Gasteiger partial charge in [-0.3, -0.25) is 14.6 Å². The van der Waals surface area contributed by atoms with Crippen molar-refractivity contribution >= 4 is 5.97 Å². The van der Waals surface area contributed by atoms with E-state index < -0.39 is 0 Å². The number of carbonyl (C=O) groups excluding carboxylic acids is 1. The lowest BCUT2D eigenvalue weighted by Gasteiger charge is -2.32. The molecule has 0 bridgehead atoms. The van der Waals surface area contributed by atoms with E-state index in [1.807, 2.05) is 50.2 Å². The molecule has 292 valence electrons. The summed E-state index contributed by atoms with van der Waals surface area (Å²) in [5.41, 5.74) is 6.35. The van der Waals surface area contributed by atoms with Crippen LogP contribution in [-0.4, -0.2) is 58.1 Å². The van der Waals surface area contributed by atoms with E-state index in [9.17, 15) is 9.90 Å². The molecule has 54 heavy (non-hydrogen) atoms. The quantitative estimate of drug-likeness (QED) is 0.0720. The predicted octanol–water partition coefficient (Wildman–Crippen LogP) is 11.0. The lowest BCUT2D eigenvalue weighted by Crippen LogP contribution is -2.38. The number of phenols is 1. The zero-order chi connectivity index (χ0) is 39.4. The van der Waals surface area contributed by atoms with Crippen LogP contribution in [0.3, 0.4) is 0 Å². The smallest absolute Gasteiger partial charge is 0.313 e. The molecule has 0 aliphatic carbocycles. The van der Waals surface area contributed by atoms with Crippen molar-refractivity contribution in [3.8, 4) is 11.5 Å². The molecule has 0 radical (unpaired) electrons. The van der Waals surface area contributed by atoms with Crippen LogP contribution in [0.15, 0.2) is 97.1 Å². The first kappa shape index (κ1) is 42.8. The number of hydrogen-bond donors (Lipinski definition) is 1. The van der Waals surface area contributed by atoms with Crippen molar-refractivity contribution in [3.63, 3.8) is 0 Å². The lowest BCUT2D eigenvalue weighted by atomic mass is 9.86. The van der Waals surface area contributed by atoms with Crippen molar-refractivity contribution in [2.75, 3.05) is 13.1 Å². The Bertz CT molecular complexity index is 1700. The van der Waals surface area contributed by atoms with Crippen LogP contribution in [0.4, 0.5) is 0 Å². The van der Waals surface area contributed by atoms with E-state index >= 15 is 0 Å². The highest BCUT2D eigenvalue weighted by molar-refractivity contribution is 5.75. The van der Waals surface area contributed by atoms with Gasteiger partial charge >= 0.3 is 5.97 Å². The molecule has 6 heteroatoms. The second-order valence-electron chi connectivity index (χ2n) is 16.2. The standard InChI is InChI=1S/C48H66N2O4/c1-33(2)48(52)54-47-24-22-39(30-45(47)43(41-19-15-12-16-20-41)26-28-50(36(7)8)37(9)10)32-53-31-38-21-23-46(51)44(29-38)42(40-17-13-11-14-18-40)25-27-49(34(3)4)35(5)6/h11-24,29-30,33-37,42-43,51H,25-28,31-32H2,1-10H3/t42-,43?/m1/s1. The fourth-order valence-electron chi connectivity index (χ4n) is 7.69. The maximum absolute atomic E-state index is 12.9. The van der Waals surface area contributed by atoms with Gasteiger partial charge in [-0.2, -0.15) is 0 Å². The van der Waals surface area contributed by atoms with Crippen LogP contribution in [-0.2, 0) is 22.7 Å². The first-order valence-corrected chi connectivity index (χ1v) is 20.1. The second kappa shape index (κ2) is 20.6. The number of rotatable bonds is 20. The fourth-order valence-corrected chi connectivity index (χ4v) is 7.69. The highest BCUT2D eigenvalue weighted by atomic mass is 16.5. The molecule has 0 spiro atoms. The van der Waals surface area contributed by atoms with Crippen LogP contribution >= 0.6 is 0 Å². The molecule has 1 N–H and O–H groups in total. The summed E-state index contributed by atoms with van der Waals surface area (Å²) in [5.74, 6) is 0.510. The van der Waals surface area contributed by atoms with Gasteiger partial charge in [0.2, 0.25) is 0 Å². The molecule has 0 amide bonds. The van der Waals surface area contributed by atoms with Gasteiger partial charge < -0.3 is 14.6 Å². The number of benzene rings is 4. The van der Waals surface area contributed by atoms with Gasteiger partial charge in [0, 0.05) is 47.1 Å². The minimum absolute atomic E-state index is 0.0259. The molecule has 4 rings (SSSR count). The molecule has 0 fully saturated rings. The van der Waals surface area contributed by atoms with E-state index in [1.54, 1.807) is 0 Å². The van der Waals surface area contributed by atoms with Gasteiger partial charge in [0.25, 0.3) is 0 Å². The summed E-state index contributed by atoms with van der Waals surface area (Å²) < 4.78 is 12.5.